The van der Waals surface area contributed by atoms with Crippen LogP contribution in [0, 0.1) is 6.54 Å². The molecule has 96 valence electrons. The van der Waals surface area contributed by atoms with Gasteiger partial charge in [0.2, 0.25) is 0 Å². The van der Waals surface area contributed by atoms with Crippen molar-refractivity contribution in [3.63, 3.8) is 0 Å². The molecule has 2 radical (unpaired) electrons. The third kappa shape index (κ3) is 4.37. The summed E-state index contributed by atoms with van der Waals surface area (Å²) in [5.41, 5.74) is -0.0706. The van der Waals surface area contributed by atoms with Gasteiger partial charge in [0.15, 0.2) is 0 Å². The molecule has 0 N–H and O–H groups in total. The lowest BCUT2D eigenvalue weighted by Gasteiger charge is -2.17. The molecule has 0 bridgehead atoms. The van der Waals surface area contributed by atoms with Crippen molar-refractivity contribution in [3.05, 3.63) is 67.2 Å². The van der Waals surface area contributed by atoms with Crippen LogP contribution in [0.25, 0.3) is 0 Å². The molecule has 0 aliphatic carbocycles. The summed E-state index contributed by atoms with van der Waals surface area (Å²) in [5, 5.41) is 0. The zero-order chi connectivity index (χ0) is 13.6. The Morgan fingerprint density at radius 3 is 1.94 bits per heavy atom. The SMILES string of the molecule is C=CCN([C]c1ccc(C(F)(F)F)cc1)CC=C. The first-order chi connectivity index (χ1) is 8.47. The van der Waals surface area contributed by atoms with E-state index in [1.54, 1.807) is 17.1 Å². The van der Waals surface area contributed by atoms with Crippen molar-refractivity contribution >= 4 is 0 Å². The molecule has 1 rings (SSSR count). The van der Waals surface area contributed by atoms with Crippen molar-refractivity contribution in [2.75, 3.05) is 13.1 Å². The van der Waals surface area contributed by atoms with E-state index in [0.717, 1.165) is 12.1 Å². The Hall–Kier alpha value is -1.55. The maximum atomic E-state index is 12.4. The van der Waals surface area contributed by atoms with Crippen LogP contribution in [-0.2, 0) is 6.18 Å². The molecule has 1 aromatic carbocycles. The first-order valence-corrected chi connectivity index (χ1v) is 5.38. The van der Waals surface area contributed by atoms with Crippen molar-refractivity contribution < 1.29 is 13.2 Å². The molecule has 18 heavy (non-hydrogen) atoms. The zero-order valence-corrected chi connectivity index (χ0v) is 9.87. The zero-order valence-electron chi connectivity index (χ0n) is 9.87. The Labute approximate surface area is 105 Å². The lowest BCUT2D eigenvalue weighted by Crippen LogP contribution is -2.21. The quantitative estimate of drug-likeness (QED) is 0.551. The molecule has 1 nitrogen and oxygen atoms in total. The Morgan fingerprint density at radius 2 is 1.56 bits per heavy atom. The molecule has 0 fully saturated rings. The summed E-state index contributed by atoms with van der Waals surface area (Å²) in [6, 6.07) is 4.87. The second-order valence-electron chi connectivity index (χ2n) is 3.67. The maximum Gasteiger partial charge on any atom is 0.416 e. The summed E-state index contributed by atoms with van der Waals surface area (Å²) < 4.78 is 37.1. The predicted molar refractivity (Wildman–Crippen MR) is 65.8 cm³/mol. The van der Waals surface area contributed by atoms with Crippen LogP contribution in [0.2, 0.25) is 0 Å². The Bertz CT molecular complexity index is 382. The lowest BCUT2D eigenvalue weighted by atomic mass is 10.1. The van der Waals surface area contributed by atoms with Gasteiger partial charge in [-0.05, 0) is 17.7 Å². The molecule has 0 aliphatic rings. The minimum Gasteiger partial charge on any atom is -0.282 e. The van der Waals surface area contributed by atoms with Crippen molar-refractivity contribution in [1.82, 2.24) is 4.90 Å². The number of alkyl halides is 3. The molecule has 0 saturated heterocycles. The number of benzene rings is 1. The van der Waals surface area contributed by atoms with Gasteiger partial charge < -0.3 is 0 Å². The highest BCUT2D eigenvalue weighted by molar-refractivity contribution is 5.28. The standard InChI is InChI=1S/C14H14F3N/c1-3-9-18(10-4-2)11-12-5-7-13(8-6-12)14(15,16)17/h3-8H,1-2,9-10H2. The van der Waals surface area contributed by atoms with Crippen LogP contribution in [0.5, 0.6) is 0 Å². The van der Waals surface area contributed by atoms with Gasteiger partial charge in [0, 0.05) is 13.1 Å². The molecule has 0 aliphatic heterocycles. The number of nitrogens with zero attached hydrogens (tertiary/aromatic N) is 1. The molecular weight excluding hydrogens is 239 g/mol. The number of halogens is 3. The average Bonchev–Trinajstić information content (AvgIpc) is 2.29. The van der Waals surface area contributed by atoms with Gasteiger partial charge >= 0.3 is 6.18 Å². The summed E-state index contributed by atoms with van der Waals surface area (Å²) in [4.78, 5) is 1.78. The number of hydrogen-bond acceptors (Lipinski definition) is 1. The van der Waals surface area contributed by atoms with Crippen molar-refractivity contribution in [2.24, 2.45) is 0 Å². The molecule has 0 heterocycles. The molecule has 0 unspecified atom stereocenters. The first kappa shape index (κ1) is 14.5. The highest BCUT2D eigenvalue weighted by atomic mass is 19.4. The Kier molecular flexibility index (Phi) is 5.16. The fourth-order valence-corrected chi connectivity index (χ4v) is 1.39. The number of rotatable bonds is 6. The summed E-state index contributed by atoms with van der Waals surface area (Å²) >= 11 is 0. The van der Waals surface area contributed by atoms with E-state index < -0.39 is 11.7 Å². The first-order valence-electron chi connectivity index (χ1n) is 5.38. The normalized spacial score (nSPS) is 11.6. The minimum absolute atomic E-state index is 0.563. The van der Waals surface area contributed by atoms with Gasteiger partial charge in [-0.25, -0.2) is 0 Å². The van der Waals surface area contributed by atoms with Gasteiger partial charge in [0.1, 0.15) is 0 Å². The fraction of sp³-hybridized carbons (Fsp3) is 0.214. The maximum absolute atomic E-state index is 12.4. The molecule has 0 amide bonds. The molecule has 0 saturated carbocycles. The van der Waals surface area contributed by atoms with Crippen molar-refractivity contribution in [1.29, 1.82) is 0 Å². The second-order valence-corrected chi connectivity index (χ2v) is 3.67. The Balaban J connectivity index is 2.72. The van der Waals surface area contributed by atoms with E-state index in [2.05, 4.69) is 19.7 Å². The minimum atomic E-state index is -4.31. The van der Waals surface area contributed by atoms with Crippen LogP contribution >= 0.6 is 0 Å². The van der Waals surface area contributed by atoms with E-state index in [1.807, 2.05) is 0 Å². The third-order valence-electron chi connectivity index (χ3n) is 2.20. The van der Waals surface area contributed by atoms with Gasteiger partial charge in [-0.15, -0.1) is 13.2 Å². The summed E-state index contributed by atoms with van der Waals surface area (Å²) in [5.74, 6) is 0. The molecule has 4 heteroatoms. The predicted octanol–water partition coefficient (Wildman–Crippen LogP) is 3.77. The van der Waals surface area contributed by atoms with Gasteiger partial charge in [-0.3, -0.25) is 4.90 Å². The monoisotopic (exact) mass is 253 g/mol. The van der Waals surface area contributed by atoms with Gasteiger partial charge in [-0.2, -0.15) is 13.2 Å². The summed E-state index contributed by atoms with van der Waals surface area (Å²) in [7, 11) is 0. The van der Waals surface area contributed by atoms with Crippen LogP contribution in [0.3, 0.4) is 0 Å². The van der Waals surface area contributed by atoms with Gasteiger partial charge in [0.25, 0.3) is 0 Å². The van der Waals surface area contributed by atoms with E-state index in [1.165, 1.54) is 12.1 Å². The van der Waals surface area contributed by atoms with Crippen LogP contribution in [0.15, 0.2) is 49.6 Å². The fourth-order valence-electron chi connectivity index (χ4n) is 1.39. The smallest absolute Gasteiger partial charge is 0.282 e. The summed E-state index contributed by atoms with van der Waals surface area (Å²) in [6.45, 7) is 11.3. The Morgan fingerprint density at radius 1 is 1.06 bits per heavy atom. The highest BCUT2D eigenvalue weighted by Gasteiger charge is 2.29. The molecule has 1 aromatic rings. The second kappa shape index (κ2) is 6.40. The van der Waals surface area contributed by atoms with Crippen LogP contribution < -0.4 is 0 Å². The molecule has 0 atom stereocenters. The largest absolute Gasteiger partial charge is 0.416 e. The molecule has 0 aromatic heterocycles. The van der Waals surface area contributed by atoms with Crippen molar-refractivity contribution in [3.8, 4) is 0 Å². The summed E-state index contributed by atoms with van der Waals surface area (Å²) in [6.07, 6.45) is -0.915. The van der Waals surface area contributed by atoms with Crippen LogP contribution in [0.4, 0.5) is 13.2 Å². The third-order valence-corrected chi connectivity index (χ3v) is 2.20. The molecular formula is C14H14F3N. The van der Waals surface area contributed by atoms with E-state index in [0.29, 0.717) is 18.7 Å². The van der Waals surface area contributed by atoms with Crippen LogP contribution in [-0.4, -0.2) is 18.0 Å². The number of hydrogen-bond donors (Lipinski definition) is 0. The van der Waals surface area contributed by atoms with Crippen LogP contribution in [0.1, 0.15) is 11.1 Å². The van der Waals surface area contributed by atoms with E-state index in [-0.39, 0.29) is 0 Å². The highest BCUT2D eigenvalue weighted by Crippen LogP contribution is 2.29. The lowest BCUT2D eigenvalue weighted by molar-refractivity contribution is -0.137. The molecule has 0 spiro atoms. The van der Waals surface area contributed by atoms with E-state index >= 15 is 0 Å². The van der Waals surface area contributed by atoms with Gasteiger partial charge in [0.05, 0.1) is 12.1 Å². The van der Waals surface area contributed by atoms with E-state index in [4.69, 9.17) is 0 Å². The van der Waals surface area contributed by atoms with Crippen molar-refractivity contribution in [2.45, 2.75) is 6.18 Å². The van der Waals surface area contributed by atoms with E-state index in [9.17, 15) is 13.2 Å². The average molecular weight is 253 g/mol. The van der Waals surface area contributed by atoms with Gasteiger partial charge in [-0.1, -0.05) is 24.3 Å². The topological polar surface area (TPSA) is 3.24 Å².